The number of aromatic hydroxyl groups is 1. The number of hydrogen-bond donors (Lipinski definition) is 7. The Bertz CT molecular complexity index is 4030. The number of aryl methyl sites for hydroxylation is 7. The number of methoxy groups -OCH3 is 2. The molecule has 33 heteroatoms. The molecule has 7 aromatic heterocycles. The fourth-order valence-electron chi connectivity index (χ4n) is 7.10. The number of aliphatic hydroxyl groups is 1. The quantitative estimate of drug-likeness (QED) is 0.0208. The van der Waals surface area contributed by atoms with Crippen molar-refractivity contribution in [1.29, 1.82) is 5.41 Å². The van der Waals surface area contributed by atoms with E-state index in [1.54, 1.807) is 48.0 Å². The fraction of sp³-hybridized carbons (Fsp3) is 0.359. The van der Waals surface area contributed by atoms with Gasteiger partial charge in [-0.05, 0) is 168 Å². The number of amidine groups is 1. The number of ether oxygens (including phenoxy) is 2. The standard InChI is InChI=1S/C16H17N3O2.C8H7ClN2O.2C8H8N2O2.C8H11NO.C8H14.C4H10O.C2H6N2.2CO2.Cl3OP.2ClH/c1-10-9-14-15(17-11(2)18-16(14)21-10)19(3)12-5-7-13(20-4)8-6-12;1-4-3-6-7(9)10-5(2)11-8(6)12-4;1-4-3-6-7(11)9-5(2)10-8(6)12-4;1-3-4-6-7(11)9-5(2)10-8(6)12;1-9-7-3-5-8(10-2)6-4-7;1-4-7-8(5-2)6-3;1-2-3-4-5;1-2(3)4;2*2-1-3;1-5(2,3)4;;/h5-9H,1-4H3;3H,1-2H3;3H,1-2H3,(H,9,10,11);1H,4H2,2H3,(H2,9,10,11,12);3-6,9H,1-2H3;1,8H,5-7H2,2-3H3;5H,2-4H2,1H3;1H3,(H3,3,4);;;;2*1H. The maximum Gasteiger partial charge on any atom is 0.373 e. The number of nitrogens with one attached hydrogen (secondary N) is 4. The minimum absolute atomic E-state index is 0. The number of rotatable bonds is 11. The maximum absolute atomic E-state index is 11.3. The molecule has 0 spiro atoms. The van der Waals surface area contributed by atoms with Crippen molar-refractivity contribution < 1.29 is 56.7 Å². The van der Waals surface area contributed by atoms with E-state index in [9.17, 15) is 19.3 Å². The molecule has 0 unspecified atom stereocenters. The van der Waals surface area contributed by atoms with Crippen LogP contribution in [0.2, 0.25) is 5.15 Å². The molecule has 530 valence electrons. The number of halogens is 6. The highest BCUT2D eigenvalue weighted by Crippen LogP contribution is 2.61. The number of aromatic amines is 2. The molecule has 9 aromatic rings. The Balaban J connectivity index is -0.000000514. The number of nitrogens with zero attached hydrogens (tertiary/aromatic N) is 7. The fourth-order valence-corrected chi connectivity index (χ4v) is 7.36. The summed E-state index contributed by atoms with van der Waals surface area (Å²) in [5.74, 6) is 12.7. The Kier molecular flexibility index (Phi) is 51.2. The van der Waals surface area contributed by atoms with Crippen molar-refractivity contribution in [2.75, 3.05) is 45.1 Å². The lowest BCUT2D eigenvalue weighted by Gasteiger charge is -2.19. The predicted octanol–water partition coefficient (Wildman–Crippen LogP) is 14.6. The van der Waals surface area contributed by atoms with E-state index in [1.807, 2.05) is 100 Å². The molecule has 0 aliphatic heterocycles. The van der Waals surface area contributed by atoms with Gasteiger partial charge in [0, 0.05) is 44.9 Å². The van der Waals surface area contributed by atoms with Crippen molar-refractivity contribution >= 4 is 144 Å². The molecule has 8 N–H and O–H groups in total. The first-order valence-electron chi connectivity index (χ1n) is 28.3. The topological polar surface area (TPSA) is 392 Å². The van der Waals surface area contributed by atoms with Crippen molar-refractivity contribution in [3.8, 4) is 42.1 Å². The third-order valence-electron chi connectivity index (χ3n) is 11.5. The van der Waals surface area contributed by atoms with E-state index < -0.39 is 5.20 Å². The molecule has 0 fully saturated rings. The minimum atomic E-state index is -3.22. The summed E-state index contributed by atoms with van der Waals surface area (Å²) < 4.78 is 35.8. The van der Waals surface area contributed by atoms with Gasteiger partial charge in [-0.1, -0.05) is 51.6 Å². The number of H-pyrrole nitrogens is 2. The molecule has 2 aromatic carbocycles. The number of aromatic nitrogens is 8. The zero-order valence-corrected chi connectivity index (χ0v) is 61.9. The van der Waals surface area contributed by atoms with E-state index in [1.165, 1.54) is 19.8 Å². The number of hydrogen-bond acceptors (Lipinski definition) is 23. The highest BCUT2D eigenvalue weighted by atomic mass is 36.0. The van der Waals surface area contributed by atoms with Crippen LogP contribution in [0.25, 0.3) is 33.3 Å². The third-order valence-corrected chi connectivity index (χ3v) is 11.7. The molecule has 97 heavy (non-hydrogen) atoms. The van der Waals surface area contributed by atoms with Crippen LogP contribution in [-0.2, 0) is 30.2 Å². The molecule has 0 amide bonds. The van der Waals surface area contributed by atoms with E-state index in [0.29, 0.717) is 63.3 Å². The summed E-state index contributed by atoms with van der Waals surface area (Å²) in [5, 5.41) is 26.0. The number of fused-ring (bicyclic) bond motifs is 3. The molecule has 0 aliphatic rings. The normalized spacial score (nSPS) is 9.35. The van der Waals surface area contributed by atoms with Gasteiger partial charge < -0.3 is 58.9 Å². The van der Waals surface area contributed by atoms with Crippen LogP contribution in [0.1, 0.15) is 106 Å². The SMILES string of the molecule is C#CCC(CC)CC.C#CCc1c(O)nc(C)[nH]c1=O.CC(=N)N.CCCCO.CNc1ccc(OC)cc1.COc1ccc(N(C)c2nc(C)nc3oc(C)cc23)cc1.Cc1nc(Cl)c2cc(C)oc2n1.Cc1nc2oc(C)cc2c(=O)[nH]1.Cl.Cl.O=C=O.O=C=O.O=P(Cl)(Cl)Cl. The van der Waals surface area contributed by atoms with Gasteiger partial charge in [0.15, 0.2) is 0 Å². The van der Waals surface area contributed by atoms with E-state index >= 15 is 0 Å². The Morgan fingerprint density at radius 1 is 0.711 bits per heavy atom. The van der Waals surface area contributed by atoms with E-state index in [-0.39, 0.29) is 71.9 Å². The van der Waals surface area contributed by atoms with Gasteiger partial charge in [-0.3, -0.25) is 19.6 Å². The van der Waals surface area contributed by atoms with Crippen LogP contribution in [0.3, 0.4) is 0 Å². The van der Waals surface area contributed by atoms with Crippen molar-refractivity contribution in [3.63, 3.8) is 0 Å². The Morgan fingerprint density at radius 2 is 1.11 bits per heavy atom. The molecule has 0 saturated carbocycles. The Hall–Kier alpha value is -8.74. The van der Waals surface area contributed by atoms with E-state index in [0.717, 1.165) is 76.2 Å². The lowest BCUT2D eigenvalue weighted by Crippen LogP contribution is -2.14. The van der Waals surface area contributed by atoms with Gasteiger partial charge in [0.1, 0.15) is 68.4 Å². The molecule has 0 radical (unpaired) electrons. The predicted molar refractivity (Wildman–Crippen MR) is 386 cm³/mol. The first kappa shape index (κ1) is 94.7. The van der Waals surface area contributed by atoms with Gasteiger partial charge in [-0.25, -0.2) is 15.0 Å². The zero-order valence-electron chi connectivity index (χ0n) is 56.3. The summed E-state index contributed by atoms with van der Waals surface area (Å²) in [6, 6.07) is 21.1. The van der Waals surface area contributed by atoms with Crippen LogP contribution >= 0.6 is 75.3 Å². The van der Waals surface area contributed by atoms with Crippen molar-refractivity contribution in [3.05, 3.63) is 139 Å². The van der Waals surface area contributed by atoms with E-state index in [2.05, 4.69) is 112 Å². The second kappa shape index (κ2) is 52.5. The van der Waals surface area contributed by atoms with Crippen molar-refractivity contribution in [1.82, 2.24) is 39.9 Å². The summed E-state index contributed by atoms with van der Waals surface area (Å²) in [6.45, 7) is 20.8. The number of furan rings is 3. The first-order chi connectivity index (χ1) is 44.7. The van der Waals surface area contributed by atoms with Gasteiger partial charge >= 0.3 is 17.5 Å². The van der Waals surface area contributed by atoms with Crippen molar-refractivity contribution in [2.45, 2.75) is 115 Å². The smallest absolute Gasteiger partial charge is 0.373 e. The largest absolute Gasteiger partial charge is 0.497 e. The van der Waals surface area contributed by atoms with Crippen LogP contribution in [0.5, 0.6) is 17.4 Å². The molecule has 7 heterocycles. The van der Waals surface area contributed by atoms with Gasteiger partial charge in [0.2, 0.25) is 23.0 Å². The molecular weight excluding hydrogens is 1400 g/mol. The number of benzene rings is 2. The Morgan fingerprint density at radius 3 is 1.49 bits per heavy atom. The summed E-state index contributed by atoms with van der Waals surface area (Å²) in [7, 11) is 7.19. The van der Waals surface area contributed by atoms with Crippen LogP contribution in [0, 0.1) is 84.5 Å². The van der Waals surface area contributed by atoms with Crippen LogP contribution in [-0.4, -0.2) is 103 Å². The lowest BCUT2D eigenvalue weighted by molar-refractivity contribution is -0.193. The molecule has 0 atom stereocenters. The molecule has 0 saturated heterocycles. The van der Waals surface area contributed by atoms with Crippen LogP contribution in [0.4, 0.5) is 17.2 Å². The van der Waals surface area contributed by atoms with Crippen LogP contribution in [0.15, 0.2) is 89.6 Å². The number of aliphatic hydroxyl groups excluding tert-OH is 1. The first-order valence-corrected chi connectivity index (χ1v) is 33.1. The van der Waals surface area contributed by atoms with Crippen molar-refractivity contribution in [2.24, 2.45) is 11.7 Å². The number of anilines is 3. The third kappa shape index (κ3) is 40.4. The molecular formula is C64H83Cl6N12O14P. The average Bonchev–Trinajstić information content (AvgIpc) is 1.76. The zero-order chi connectivity index (χ0) is 73.0. The second-order valence-corrected chi connectivity index (χ2v) is 26.0. The summed E-state index contributed by atoms with van der Waals surface area (Å²) in [6.07, 6.45) is 16.2. The molecule has 26 nitrogen and oxygen atoms in total. The molecule has 0 bridgehead atoms. The van der Waals surface area contributed by atoms with Gasteiger partial charge in [-0.2, -0.15) is 34.1 Å². The monoisotopic (exact) mass is 1480 g/mol. The highest BCUT2D eigenvalue weighted by molar-refractivity contribution is 8.24. The van der Waals surface area contributed by atoms with Crippen LogP contribution < -0.4 is 36.5 Å². The average molecular weight is 1490 g/mol. The van der Waals surface area contributed by atoms with Gasteiger partial charge in [0.05, 0.1) is 36.4 Å². The summed E-state index contributed by atoms with van der Waals surface area (Å²) in [5.41, 5.74) is 8.03. The second-order valence-electron chi connectivity index (χ2n) is 19.0. The van der Waals surface area contributed by atoms with Gasteiger partial charge in [0.25, 0.3) is 11.1 Å². The maximum atomic E-state index is 11.3. The van der Waals surface area contributed by atoms with Gasteiger partial charge in [-0.15, -0.1) is 49.5 Å². The summed E-state index contributed by atoms with van der Waals surface area (Å²) in [4.78, 5) is 86.6. The highest BCUT2D eigenvalue weighted by Gasteiger charge is 2.16. The number of unbranched alkanes of at least 4 members (excludes halogenated alkanes) is 1. The number of nitrogens with two attached hydrogens (primary N) is 1. The number of carbonyl (C=O) groups excluding carboxylic acids is 4. The molecule has 9 rings (SSSR count). The lowest BCUT2D eigenvalue weighted by atomic mass is 10.0. The van der Waals surface area contributed by atoms with E-state index in [4.69, 9.17) is 82.6 Å². The minimum Gasteiger partial charge on any atom is -0.497 e. The number of terminal acetylenes is 2. The molecule has 0 aliphatic carbocycles. The Labute approximate surface area is 594 Å². The summed E-state index contributed by atoms with van der Waals surface area (Å²) >= 11 is 19.7.